The number of carbonyl (C=O) groups excluding carboxylic acids is 4. The average Bonchev–Trinajstić information content (AvgIpc) is 3.86. The number of hydrogen-bond acceptors (Lipinski definition) is 10. The van der Waals surface area contributed by atoms with E-state index in [0.29, 0.717) is 38.9 Å². The summed E-state index contributed by atoms with van der Waals surface area (Å²) < 4.78 is 0. The van der Waals surface area contributed by atoms with Crippen molar-refractivity contribution in [2.45, 2.75) is 89.9 Å². The fourth-order valence-corrected chi connectivity index (χ4v) is 10.3. The monoisotopic (exact) mass is 928 g/mol. The highest BCUT2D eigenvalue weighted by Crippen LogP contribution is 2.48. The van der Waals surface area contributed by atoms with Crippen molar-refractivity contribution in [3.05, 3.63) is 58.6 Å². The molecule has 13 nitrogen and oxygen atoms in total. The minimum absolute atomic E-state index is 0. The topological polar surface area (TPSA) is 138 Å². The van der Waals surface area contributed by atoms with Gasteiger partial charge in [0.15, 0.2) is 0 Å². The number of piperidine rings is 2. The fourth-order valence-electron chi connectivity index (χ4n) is 9.91. The van der Waals surface area contributed by atoms with E-state index in [9.17, 15) is 19.2 Å². The van der Waals surface area contributed by atoms with Crippen LogP contribution in [-0.2, 0) is 28.9 Å². The van der Waals surface area contributed by atoms with Crippen molar-refractivity contribution in [3.63, 3.8) is 0 Å². The first-order chi connectivity index (χ1) is 28.1. The number of hydroxylamine groups is 4. The smallest absolute Gasteiger partial charge is 0.254 e. The maximum atomic E-state index is 12.4. The van der Waals surface area contributed by atoms with E-state index in [0.717, 1.165) is 150 Å². The Morgan fingerprint density at radius 3 is 1.15 bits per heavy atom. The Labute approximate surface area is 383 Å². The summed E-state index contributed by atoms with van der Waals surface area (Å²) in [6.45, 7) is 10.4. The van der Waals surface area contributed by atoms with Crippen LogP contribution in [0.4, 0.5) is 11.4 Å². The highest BCUT2D eigenvalue weighted by Gasteiger charge is 2.47. The zero-order valence-corrected chi connectivity index (χ0v) is 38.4. The number of carbonyl (C=O) groups is 4. The summed E-state index contributed by atoms with van der Waals surface area (Å²) in [5, 5.41) is 3.62. The van der Waals surface area contributed by atoms with Crippen LogP contribution in [0.3, 0.4) is 0 Å². The van der Waals surface area contributed by atoms with E-state index in [2.05, 4.69) is 31.7 Å². The van der Waals surface area contributed by atoms with Gasteiger partial charge in [-0.15, -0.1) is 24.8 Å². The molecule has 2 spiro atoms. The number of piperazine rings is 2. The zero-order valence-electron chi connectivity index (χ0n) is 35.2. The third kappa shape index (κ3) is 13.6. The molecule has 2 aliphatic carbocycles. The van der Waals surface area contributed by atoms with E-state index in [1.165, 1.54) is 11.4 Å². The molecular formula is C44H64Cl4N6O7. The summed E-state index contributed by atoms with van der Waals surface area (Å²) in [5.74, 6) is -0.617. The van der Waals surface area contributed by atoms with Crippen LogP contribution in [0.2, 0.25) is 10.0 Å². The van der Waals surface area contributed by atoms with Crippen molar-refractivity contribution in [1.29, 1.82) is 0 Å². The Kier molecular flexibility index (Phi) is 19.9. The SMILES string of the molecule is Cl.Cl.O.O=C1CC2(CCCC2)CC(=O)N1OCCCN1CCN(c2cccc(Cl)c2)CC1.O=C1CC2(CCCC2)CC(=O)N1OCCCN1CCN(c2cccc(Cl)c2)CC1. The molecule has 0 unspecified atom stereocenters. The van der Waals surface area contributed by atoms with Crippen LogP contribution in [0.5, 0.6) is 0 Å². The molecule has 17 heteroatoms. The van der Waals surface area contributed by atoms with Crippen molar-refractivity contribution in [3.8, 4) is 0 Å². The lowest BCUT2D eigenvalue weighted by molar-refractivity contribution is -0.206. The van der Waals surface area contributed by atoms with E-state index in [1.54, 1.807) is 0 Å². The van der Waals surface area contributed by atoms with Crippen molar-refractivity contribution < 1.29 is 34.3 Å². The number of amides is 4. The molecule has 0 bridgehead atoms. The van der Waals surface area contributed by atoms with Gasteiger partial charge in [-0.2, -0.15) is 10.1 Å². The van der Waals surface area contributed by atoms with Crippen LogP contribution < -0.4 is 9.80 Å². The van der Waals surface area contributed by atoms with E-state index >= 15 is 0 Å². The Hall–Kier alpha value is -2.72. The van der Waals surface area contributed by atoms with Gasteiger partial charge in [0.05, 0.1) is 13.2 Å². The van der Waals surface area contributed by atoms with Gasteiger partial charge in [0.1, 0.15) is 0 Å². The van der Waals surface area contributed by atoms with Gasteiger partial charge in [-0.25, -0.2) is 0 Å². The van der Waals surface area contributed by atoms with E-state index in [4.69, 9.17) is 32.9 Å². The number of halogens is 4. The van der Waals surface area contributed by atoms with Crippen LogP contribution in [0.15, 0.2) is 48.5 Å². The third-order valence-corrected chi connectivity index (χ3v) is 13.6. The minimum atomic E-state index is -0.154. The molecule has 2 aromatic rings. The normalized spacial score (nSPS) is 21.5. The molecule has 0 atom stereocenters. The zero-order chi connectivity index (χ0) is 40.5. The summed E-state index contributed by atoms with van der Waals surface area (Å²) in [6, 6.07) is 16.0. The molecule has 8 rings (SSSR count). The van der Waals surface area contributed by atoms with Gasteiger partial charge in [0, 0.05) is 113 Å². The average molecular weight is 931 g/mol. The molecular weight excluding hydrogens is 866 g/mol. The summed E-state index contributed by atoms with van der Waals surface area (Å²) in [7, 11) is 0. The second-order valence-electron chi connectivity index (χ2n) is 17.3. The molecule has 0 radical (unpaired) electrons. The fraction of sp³-hybridized carbons (Fsp3) is 0.636. The highest BCUT2D eigenvalue weighted by atomic mass is 35.5. The molecule has 6 aliphatic rings. The van der Waals surface area contributed by atoms with Crippen LogP contribution in [0.1, 0.15) is 89.9 Å². The number of benzene rings is 2. The first-order valence-electron chi connectivity index (χ1n) is 21.5. The Balaban J connectivity index is 0.000000256. The number of nitrogens with zero attached hydrogens (tertiary/aromatic N) is 6. The lowest BCUT2D eigenvalue weighted by Crippen LogP contribution is -2.48. The van der Waals surface area contributed by atoms with Crippen molar-refractivity contribution in [2.24, 2.45) is 10.8 Å². The van der Waals surface area contributed by atoms with Crippen LogP contribution in [0, 0.1) is 10.8 Å². The van der Waals surface area contributed by atoms with Crippen LogP contribution >= 0.6 is 48.0 Å². The second-order valence-corrected chi connectivity index (χ2v) is 18.1. The molecule has 6 fully saturated rings. The van der Waals surface area contributed by atoms with E-state index < -0.39 is 0 Å². The summed E-state index contributed by atoms with van der Waals surface area (Å²) in [4.78, 5) is 70.3. The molecule has 340 valence electrons. The van der Waals surface area contributed by atoms with Gasteiger partial charge in [0.2, 0.25) is 0 Å². The van der Waals surface area contributed by atoms with E-state index in [-0.39, 0.29) is 64.7 Å². The lowest BCUT2D eigenvalue weighted by atomic mass is 9.77. The summed E-state index contributed by atoms with van der Waals surface area (Å²) in [5.41, 5.74) is 2.19. The molecule has 61 heavy (non-hydrogen) atoms. The number of anilines is 2. The summed E-state index contributed by atoms with van der Waals surface area (Å²) in [6.07, 6.45) is 12.0. The molecule has 4 amide bonds. The van der Waals surface area contributed by atoms with Crippen molar-refractivity contribution in [2.75, 3.05) is 88.5 Å². The van der Waals surface area contributed by atoms with Gasteiger partial charge in [-0.05, 0) is 85.8 Å². The van der Waals surface area contributed by atoms with E-state index in [1.807, 2.05) is 36.4 Å². The van der Waals surface area contributed by atoms with Gasteiger partial charge in [-0.3, -0.25) is 38.7 Å². The molecule has 4 aliphatic heterocycles. The Morgan fingerprint density at radius 2 is 0.836 bits per heavy atom. The van der Waals surface area contributed by atoms with Gasteiger partial charge in [0.25, 0.3) is 23.6 Å². The Bertz CT molecular complexity index is 1580. The molecule has 2 saturated carbocycles. The largest absolute Gasteiger partial charge is 0.412 e. The molecule has 2 aromatic carbocycles. The minimum Gasteiger partial charge on any atom is -0.412 e. The van der Waals surface area contributed by atoms with Gasteiger partial charge in [-0.1, -0.05) is 61.0 Å². The number of rotatable bonds is 12. The number of imide groups is 2. The first kappa shape index (κ1) is 50.9. The third-order valence-electron chi connectivity index (χ3n) is 13.1. The maximum absolute atomic E-state index is 12.4. The molecule has 4 heterocycles. The lowest BCUT2D eigenvalue weighted by Gasteiger charge is -2.37. The van der Waals surface area contributed by atoms with Gasteiger partial charge < -0.3 is 15.3 Å². The first-order valence-corrected chi connectivity index (χ1v) is 22.3. The molecule has 2 N–H and O–H groups in total. The molecule has 4 saturated heterocycles. The second kappa shape index (κ2) is 23.8. The Morgan fingerprint density at radius 1 is 0.508 bits per heavy atom. The standard InChI is InChI=1S/2C22H30ClN3O3.2ClH.H2O/c2*23-18-5-3-6-19(15-18)25-12-10-24(11-13-25)9-4-14-29-26-20(27)16-22(17-21(26)28)7-1-2-8-22;;;/h2*3,5-6,15H,1-2,4,7-14,16-17H2;2*1H;1H2. The maximum Gasteiger partial charge on any atom is 0.254 e. The summed E-state index contributed by atoms with van der Waals surface area (Å²) >= 11 is 12.2. The van der Waals surface area contributed by atoms with Crippen molar-refractivity contribution >= 4 is 83.0 Å². The van der Waals surface area contributed by atoms with Crippen molar-refractivity contribution in [1.82, 2.24) is 19.9 Å². The predicted octanol–water partition coefficient (Wildman–Crippen LogP) is 7.01. The van der Waals surface area contributed by atoms with Crippen LogP contribution in [0.25, 0.3) is 0 Å². The number of hydrogen-bond donors (Lipinski definition) is 0. The predicted molar refractivity (Wildman–Crippen MR) is 243 cm³/mol. The molecule has 0 aromatic heterocycles. The van der Waals surface area contributed by atoms with Crippen LogP contribution in [-0.4, -0.2) is 128 Å². The highest BCUT2D eigenvalue weighted by molar-refractivity contribution is 6.31. The van der Waals surface area contributed by atoms with Gasteiger partial charge >= 0.3 is 0 Å². The quantitative estimate of drug-likeness (QED) is 0.162.